The van der Waals surface area contributed by atoms with Crippen molar-refractivity contribution >= 4 is 0 Å². The topological polar surface area (TPSA) is 25.8 Å². The summed E-state index contributed by atoms with van der Waals surface area (Å²) in [6.07, 6.45) is 0. The third kappa shape index (κ3) is 9.87. The van der Waals surface area contributed by atoms with E-state index in [1.54, 1.807) is 0 Å². The van der Waals surface area contributed by atoms with Crippen LogP contribution in [0.25, 0.3) is 101 Å². The lowest BCUT2D eigenvalue weighted by Crippen LogP contribution is -2.01. The van der Waals surface area contributed by atoms with Crippen LogP contribution in [0.5, 0.6) is 0 Å². The molecule has 0 radical (unpaired) electrons. The fourth-order valence-corrected chi connectivity index (χ4v) is 11.7. The van der Waals surface area contributed by atoms with Crippen LogP contribution >= 0.6 is 0 Å². The second kappa shape index (κ2) is 20.8. The van der Waals surface area contributed by atoms with Crippen LogP contribution < -0.4 is 0 Å². The zero-order valence-corrected chi connectivity index (χ0v) is 49.6. The monoisotopic (exact) mass is 1020 g/mol. The van der Waals surface area contributed by atoms with Gasteiger partial charge >= 0.3 is 0 Å². The highest BCUT2D eigenvalue weighted by Crippen LogP contribution is 2.48. The number of aryl methyl sites for hydroxylation is 12. The number of hydrogen-bond donors (Lipinski definition) is 0. The van der Waals surface area contributed by atoms with Crippen LogP contribution in [0.2, 0.25) is 0 Å². The molecule has 9 aromatic carbocycles. The maximum Gasteiger partial charge on any atom is 0.160 e. The van der Waals surface area contributed by atoms with Gasteiger partial charge in [0.25, 0.3) is 0 Å². The van der Waals surface area contributed by atoms with E-state index < -0.39 is 0 Å². The Kier molecular flexibility index (Phi) is 14.2. The van der Waals surface area contributed by atoms with Crippen molar-refractivity contribution in [3.05, 3.63) is 234 Å². The number of aromatic nitrogens is 2. The Morgan fingerprint density at radius 1 is 0.205 bits per heavy atom. The highest BCUT2D eigenvalue weighted by Gasteiger charge is 2.25. The summed E-state index contributed by atoms with van der Waals surface area (Å²) in [7, 11) is 0. The van der Waals surface area contributed by atoms with E-state index in [0.29, 0.717) is 5.82 Å². The Morgan fingerprint density at radius 3 is 0.654 bits per heavy atom. The highest BCUT2D eigenvalue weighted by atomic mass is 14.9. The van der Waals surface area contributed by atoms with E-state index in [2.05, 4.69) is 258 Å². The van der Waals surface area contributed by atoms with Gasteiger partial charge in [-0.05, 0) is 322 Å². The van der Waals surface area contributed by atoms with Crippen LogP contribution in [-0.4, -0.2) is 9.97 Å². The molecule has 0 saturated heterocycles. The molecule has 0 aliphatic carbocycles. The summed E-state index contributed by atoms with van der Waals surface area (Å²) in [4.78, 5) is 11.2. The molecule has 0 amide bonds. The Labute approximate surface area is 466 Å². The second-order valence-electron chi connectivity index (χ2n) is 23.1. The van der Waals surface area contributed by atoms with Gasteiger partial charge in [-0.25, -0.2) is 9.97 Å². The Morgan fingerprint density at radius 2 is 0.423 bits per heavy atom. The van der Waals surface area contributed by atoms with Crippen molar-refractivity contribution in [2.75, 3.05) is 0 Å². The number of benzene rings is 9. The molecule has 0 spiro atoms. The SMILES string of the molecule is Cc1cc(-c2cc(-c3cc(-c4cc(-c5cc(C)c(C)c(C)c5)c(-c5cc(C)c(C)c(C)c5)c(-c5cc(C)c(C)c(C)c5)c4)nc(-c4ccccc4)n3)cc(-c3cc(C)c(C)c(C)c3)c2-c2cc(C)c(C)c(C)c2)cc(C)c1C. The number of nitrogens with zero attached hydrogens (tertiary/aromatic N) is 2. The largest absolute Gasteiger partial charge is 0.228 e. The van der Waals surface area contributed by atoms with Gasteiger partial charge in [-0.15, -0.1) is 0 Å². The molecule has 0 aliphatic heterocycles. The summed E-state index contributed by atoms with van der Waals surface area (Å²) < 4.78 is 0. The van der Waals surface area contributed by atoms with Gasteiger partial charge in [0.2, 0.25) is 0 Å². The summed E-state index contributed by atoms with van der Waals surface area (Å²) in [6, 6.07) is 51.1. The fraction of sp³-hybridized carbons (Fsp3) is 0.237. The summed E-state index contributed by atoms with van der Waals surface area (Å²) in [5, 5.41) is 0. The minimum atomic E-state index is 0.685. The molecular formula is C76H76N2. The Balaban J connectivity index is 1.36. The molecule has 0 unspecified atom stereocenters. The molecule has 2 nitrogen and oxygen atoms in total. The summed E-state index contributed by atoms with van der Waals surface area (Å²) in [5.74, 6) is 0.685. The predicted octanol–water partition coefficient (Wildman–Crippen LogP) is 21.0. The normalized spacial score (nSPS) is 11.5. The minimum Gasteiger partial charge on any atom is -0.228 e. The fourth-order valence-electron chi connectivity index (χ4n) is 11.7. The molecule has 0 atom stereocenters. The molecule has 390 valence electrons. The number of rotatable bonds is 9. The van der Waals surface area contributed by atoms with Crippen LogP contribution in [0.3, 0.4) is 0 Å². The minimum absolute atomic E-state index is 0.685. The summed E-state index contributed by atoms with van der Waals surface area (Å²) >= 11 is 0. The Hall–Kier alpha value is -7.94. The van der Waals surface area contributed by atoms with Crippen molar-refractivity contribution in [1.82, 2.24) is 9.97 Å². The van der Waals surface area contributed by atoms with Crippen LogP contribution in [-0.2, 0) is 0 Å². The van der Waals surface area contributed by atoms with E-state index in [-0.39, 0.29) is 0 Å². The van der Waals surface area contributed by atoms with Crippen LogP contribution in [0.15, 0.2) is 133 Å². The zero-order valence-electron chi connectivity index (χ0n) is 49.6. The van der Waals surface area contributed by atoms with E-state index in [0.717, 1.165) is 28.1 Å². The van der Waals surface area contributed by atoms with Crippen LogP contribution in [0, 0.1) is 125 Å². The summed E-state index contributed by atoms with van der Waals surface area (Å²) in [5.41, 5.74) is 42.5. The van der Waals surface area contributed by atoms with E-state index >= 15 is 0 Å². The maximum absolute atomic E-state index is 5.62. The molecule has 1 heterocycles. The van der Waals surface area contributed by atoms with Gasteiger partial charge in [-0.1, -0.05) is 103 Å². The molecular weight excluding hydrogens is 941 g/mol. The van der Waals surface area contributed by atoms with Gasteiger partial charge in [0.05, 0.1) is 11.4 Å². The van der Waals surface area contributed by atoms with Crippen molar-refractivity contribution in [2.24, 2.45) is 0 Å². The molecule has 2 heteroatoms. The quantitative estimate of drug-likeness (QED) is 0.144. The highest BCUT2D eigenvalue weighted by molar-refractivity contribution is 6.01. The molecule has 0 N–H and O–H groups in total. The lowest BCUT2D eigenvalue weighted by Gasteiger charge is -2.23. The molecule has 0 aliphatic rings. The van der Waals surface area contributed by atoms with Crippen molar-refractivity contribution < 1.29 is 0 Å². The first-order valence-corrected chi connectivity index (χ1v) is 27.9. The van der Waals surface area contributed by atoms with Crippen molar-refractivity contribution in [2.45, 2.75) is 125 Å². The van der Waals surface area contributed by atoms with Crippen LogP contribution in [0.1, 0.15) is 100 Å². The molecule has 78 heavy (non-hydrogen) atoms. The van der Waals surface area contributed by atoms with E-state index in [4.69, 9.17) is 9.97 Å². The standard InChI is InChI=1S/C76H76N2/c1-41-24-60(25-42(2)53(41)13)68-36-64(37-69(61-26-43(3)54(14)44(4)27-61)74(68)66-32-49(9)57(17)50(10)33-66)72-40-73(78-76(77-72)59-22-20-19-21-23-59)65-38-70(62-28-45(5)55(15)46(6)29-62)75(67-34-51(11)58(18)52(12)35-67)71(39-65)63-30-47(7)56(16)48(8)31-63/h19-40H,1-18H3. The average molecular weight is 1020 g/mol. The Bertz CT molecular complexity index is 3550. The molecule has 1 aromatic heterocycles. The molecule has 10 rings (SSSR count). The van der Waals surface area contributed by atoms with Gasteiger partial charge in [0, 0.05) is 16.7 Å². The first-order chi connectivity index (χ1) is 37.1. The predicted molar refractivity (Wildman–Crippen MR) is 336 cm³/mol. The van der Waals surface area contributed by atoms with Crippen molar-refractivity contribution in [3.63, 3.8) is 0 Å². The summed E-state index contributed by atoms with van der Waals surface area (Å²) in [6.45, 7) is 40.4. The smallest absolute Gasteiger partial charge is 0.160 e. The molecule has 0 bridgehead atoms. The maximum atomic E-state index is 5.62. The van der Waals surface area contributed by atoms with E-state index in [9.17, 15) is 0 Å². The van der Waals surface area contributed by atoms with Crippen molar-refractivity contribution in [3.8, 4) is 101 Å². The van der Waals surface area contributed by atoms with E-state index in [1.165, 1.54) is 167 Å². The van der Waals surface area contributed by atoms with Gasteiger partial charge in [-0.2, -0.15) is 0 Å². The van der Waals surface area contributed by atoms with Crippen molar-refractivity contribution in [1.29, 1.82) is 0 Å². The third-order valence-corrected chi connectivity index (χ3v) is 18.0. The van der Waals surface area contributed by atoms with E-state index in [1.807, 2.05) is 0 Å². The zero-order chi connectivity index (χ0) is 55.8. The lowest BCUT2D eigenvalue weighted by atomic mass is 9.81. The first kappa shape index (κ1) is 53.5. The van der Waals surface area contributed by atoms with Gasteiger partial charge in [-0.3, -0.25) is 0 Å². The van der Waals surface area contributed by atoms with Crippen LogP contribution in [0.4, 0.5) is 0 Å². The van der Waals surface area contributed by atoms with Gasteiger partial charge in [0.15, 0.2) is 5.82 Å². The molecule has 0 fully saturated rings. The lowest BCUT2D eigenvalue weighted by molar-refractivity contribution is 1.18. The number of hydrogen-bond acceptors (Lipinski definition) is 2. The second-order valence-corrected chi connectivity index (χ2v) is 23.1. The average Bonchev–Trinajstić information content (AvgIpc) is 3.47. The molecule has 0 saturated carbocycles. The molecule has 10 aromatic rings. The third-order valence-electron chi connectivity index (χ3n) is 18.0. The first-order valence-electron chi connectivity index (χ1n) is 27.9. The van der Waals surface area contributed by atoms with Gasteiger partial charge < -0.3 is 0 Å². The van der Waals surface area contributed by atoms with Gasteiger partial charge in [0.1, 0.15) is 0 Å².